The summed E-state index contributed by atoms with van der Waals surface area (Å²) in [7, 11) is 0. The van der Waals surface area contributed by atoms with Gasteiger partial charge >= 0.3 is 5.97 Å². The summed E-state index contributed by atoms with van der Waals surface area (Å²) in [4.78, 5) is 12.1. The molecule has 0 heterocycles. The van der Waals surface area contributed by atoms with Crippen LogP contribution < -0.4 is 0 Å². The van der Waals surface area contributed by atoms with E-state index in [-0.39, 0.29) is 0 Å². The number of hydrogen-bond donors (Lipinski definition) is 1. The van der Waals surface area contributed by atoms with E-state index in [0.29, 0.717) is 10.8 Å². The quantitative estimate of drug-likeness (QED) is 0.884. The van der Waals surface area contributed by atoms with Crippen molar-refractivity contribution in [3.8, 4) is 0 Å². The monoisotopic (exact) mass is 264 g/mol. The molecule has 3 atom stereocenters. The summed E-state index contributed by atoms with van der Waals surface area (Å²) in [6.45, 7) is 4.62. The maximum absolute atomic E-state index is 11.2. The molecule has 0 radical (unpaired) electrons. The Morgan fingerprint density at radius 3 is 2.61 bits per heavy atom. The lowest BCUT2D eigenvalue weighted by Gasteiger charge is -2.31. The summed E-state index contributed by atoms with van der Waals surface area (Å²) >= 11 is 1.74. The first-order valence-electron chi connectivity index (χ1n) is 6.57. The molecule has 0 bridgehead atoms. The maximum Gasteiger partial charge on any atom is 0.336 e. The Morgan fingerprint density at radius 1 is 1.22 bits per heavy atom. The van der Waals surface area contributed by atoms with Gasteiger partial charge in [0.1, 0.15) is 0 Å². The SMILES string of the molecule is CC1CCC(Sc2ccccc2C(=O)O)CC1C. The Morgan fingerprint density at radius 2 is 1.94 bits per heavy atom. The average Bonchev–Trinajstić information content (AvgIpc) is 2.34. The van der Waals surface area contributed by atoms with Gasteiger partial charge in [-0.15, -0.1) is 11.8 Å². The summed E-state index contributed by atoms with van der Waals surface area (Å²) in [5.41, 5.74) is 0.439. The van der Waals surface area contributed by atoms with Crippen LogP contribution in [0.4, 0.5) is 0 Å². The first-order valence-corrected chi connectivity index (χ1v) is 7.45. The van der Waals surface area contributed by atoms with Gasteiger partial charge in [-0.25, -0.2) is 4.79 Å². The van der Waals surface area contributed by atoms with E-state index >= 15 is 0 Å². The van der Waals surface area contributed by atoms with Gasteiger partial charge < -0.3 is 5.11 Å². The van der Waals surface area contributed by atoms with Crippen LogP contribution in [-0.2, 0) is 0 Å². The average molecular weight is 264 g/mol. The molecule has 2 nitrogen and oxygen atoms in total. The van der Waals surface area contributed by atoms with Gasteiger partial charge in [0.05, 0.1) is 5.56 Å². The zero-order chi connectivity index (χ0) is 13.1. The normalized spacial score (nSPS) is 28.0. The molecule has 0 amide bonds. The second kappa shape index (κ2) is 5.79. The molecular formula is C15H20O2S. The van der Waals surface area contributed by atoms with E-state index in [2.05, 4.69) is 13.8 Å². The maximum atomic E-state index is 11.2. The van der Waals surface area contributed by atoms with Crippen molar-refractivity contribution >= 4 is 17.7 Å². The summed E-state index contributed by atoms with van der Waals surface area (Å²) in [6.07, 6.45) is 3.65. The van der Waals surface area contributed by atoms with Crippen LogP contribution >= 0.6 is 11.8 Å². The topological polar surface area (TPSA) is 37.3 Å². The first kappa shape index (κ1) is 13.5. The molecule has 0 saturated heterocycles. The first-order chi connectivity index (χ1) is 8.58. The molecule has 0 spiro atoms. The molecule has 0 aliphatic heterocycles. The van der Waals surface area contributed by atoms with Crippen LogP contribution in [0, 0.1) is 11.8 Å². The van der Waals surface area contributed by atoms with Crippen molar-refractivity contribution in [2.24, 2.45) is 11.8 Å². The second-order valence-electron chi connectivity index (χ2n) is 5.31. The minimum atomic E-state index is -0.824. The Labute approximate surface area is 113 Å². The van der Waals surface area contributed by atoms with Crippen LogP contribution in [0.3, 0.4) is 0 Å². The molecule has 98 valence electrons. The molecule has 1 aliphatic carbocycles. The van der Waals surface area contributed by atoms with Crippen molar-refractivity contribution < 1.29 is 9.90 Å². The van der Waals surface area contributed by atoms with Gasteiger partial charge in [0.25, 0.3) is 0 Å². The van der Waals surface area contributed by atoms with Crippen molar-refractivity contribution in [1.29, 1.82) is 0 Å². The van der Waals surface area contributed by atoms with Crippen LogP contribution in [0.15, 0.2) is 29.2 Å². The predicted molar refractivity (Wildman–Crippen MR) is 75.2 cm³/mol. The van der Waals surface area contributed by atoms with Crippen molar-refractivity contribution in [1.82, 2.24) is 0 Å². The van der Waals surface area contributed by atoms with Crippen LogP contribution in [0.2, 0.25) is 0 Å². The number of aromatic carboxylic acids is 1. The lowest BCUT2D eigenvalue weighted by Crippen LogP contribution is -2.22. The number of carbonyl (C=O) groups is 1. The Bertz CT molecular complexity index is 430. The Balaban J connectivity index is 2.08. The largest absolute Gasteiger partial charge is 0.478 e. The second-order valence-corrected chi connectivity index (χ2v) is 6.65. The number of carboxylic acids is 1. The molecule has 1 aromatic rings. The molecule has 1 fully saturated rings. The third kappa shape index (κ3) is 3.08. The molecule has 1 N–H and O–H groups in total. The third-order valence-electron chi connectivity index (χ3n) is 3.96. The minimum absolute atomic E-state index is 0.439. The van der Waals surface area contributed by atoms with E-state index < -0.39 is 5.97 Å². The molecule has 1 aliphatic rings. The lowest BCUT2D eigenvalue weighted by molar-refractivity contribution is 0.0693. The zero-order valence-corrected chi connectivity index (χ0v) is 11.7. The molecular weight excluding hydrogens is 244 g/mol. The summed E-state index contributed by atoms with van der Waals surface area (Å²) < 4.78 is 0. The van der Waals surface area contributed by atoms with Crippen molar-refractivity contribution in [3.05, 3.63) is 29.8 Å². The molecule has 18 heavy (non-hydrogen) atoms. The molecule has 0 aromatic heterocycles. The van der Waals surface area contributed by atoms with Gasteiger partial charge in [0, 0.05) is 10.1 Å². The highest BCUT2D eigenvalue weighted by Gasteiger charge is 2.26. The summed E-state index contributed by atoms with van der Waals surface area (Å²) in [5, 5.41) is 9.74. The number of rotatable bonds is 3. The van der Waals surface area contributed by atoms with Crippen LogP contribution in [0.25, 0.3) is 0 Å². The highest BCUT2D eigenvalue weighted by atomic mass is 32.2. The number of benzene rings is 1. The number of carboxylic acid groups (broad SMARTS) is 1. The van der Waals surface area contributed by atoms with Gasteiger partial charge in [0.2, 0.25) is 0 Å². The smallest absolute Gasteiger partial charge is 0.336 e. The zero-order valence-electron chi connectivity index (χ0n) is 10.9. The minimum Gasteiger partial charge on any atom is -0.478 e. The fraction of sp³-hybridized carbons (Fsp3) is 0.533. The van der Waals surface area contributed by atoms with E-state index in [1.807, 2.05) is 12.1 Å². The van der Waals surface area contributed by atoms with Gasteiger partial charge in [-0.05, 0) is 43.2 Å². The molecule has 2 rings (SSSR count). The number of hydrogen-bond acceptors (Lipinski definition) is 2. The highest BCUT2D eigenvalue weighted by molar-refractivity contribution is 8.00. The van der Waals surface area contributed by atoms with E-state index in [0.717, 1.165) is 16.7 Å². The lowest BCUT2D eigenvalue weighted by atomic mass is 9.81. The fourth-order valence-corrected chi connectivity index (χ4v) is 3.98. The Kier molecular flexibility index (Phi) is 4.33. The van der Waals surface area contributed by atoms with Crippen molar-refractivity contribution in [2.45, 2.75) is 43.3 Å². The molecule has 1 saturated carbocycles. The van der Waals surface area contributed by atoms with Gasteiger partial charge in [-0.3, -0.25) is 0 Å². The molecule has 1 aromatic carbocycles. The highest BCUT2D eigenvalue weighted by Crippen LogP contribution is 2.39. The van der Waals surface area contributed by atoms with E-state index in [1.54, 1.807) is 23.9 Å². The van der Waals surface area contributed by atoms with E-state index in [4.69, 9.17) is 0 Å². The summed E-state index contributed by atoms with van der Waals surface area (Å²) in [6, 6.07) is 7.33. The standard InChI is InChI=1S/C15H20O2S/c1-10-7-8-12(9-11(10)2)18-14-6-4-3-5-13(14)15(16)17/h3-6,10-12H,7-9H2,1-2H3,(H,16,17). The van der Waals surface area contributed by atoms with Crippen LogP contribution in [0.5, 0.6) is 0 Å². The van der Waals surface area contributed by atoms with Crippen LogP contribution in [-0.4, -0.2) is 16.3 Å². The van der Waals surface area contributed by atoms with Gasteiger partial charge in [0.15, 0.2) is 0 Å². The predicted octanol–water partition coefficient (Wildman–Crippen LogP) is 4.30. The molecule has 3 unspecified atom stereocenters. The van der Waals surface area contributed by atoms with E-state index in [9.17, 15) is 9.90 Å². The molecule has 3 heteroatoms. The summed E-state index contributed by atoms with van der Waals surface area (Å²) in [5.74, 6) is 0.722. The third-order valence-corrected chi connectivity index (χ3v) is 5.33. The van der Waals surface area contributed by atoms with Gasteiger partial charge in [-0.2, -0.15) is 0 Å². The van der Waals surface area contributed by atoms with Crippen molar-refractivity contribution in [3.63, 3.8) is 0 Å². The van der Waals surface area contributed by atoms with Gasteiger partial charge in [-0.1, -0.05) is 26.0 Å². The fourth-order valence-electron chi connectivity index (χ4n) is 2.53. The Hall–Kier alpha value is -0.960. The van der Waals surface area contributed by atoms with E-state index in [1.165, 1.54) is 19.3 Å². The van der Waals surface area contributed by atoms with Crippen molar-refractivity contribution in [2.75, 3.05) is 0 Å². The van der Waals surface area contributed by atoms with Crippen LogP contribution in [0.1, 0.15) is 43.5 Å². The number of thioether (sulfide) groups is 1.